The Labute approximate surface area is 97.2 Å². The van der Waals surface area contributed by atoms with Crippen molar-refractivity contribution in [3.8, 4) is 0 Å². The van der Waals surface area contributed by atoms with Crippen LogP contribution in [0.4, 0.5) is 0 Å². The molecular weight excluding hydrogens is 252 g/mol. The van der Waals surface area contributed by atoms with Crippen molar-refractivity contribution in [3.05, 3.63) is 5.53 Å². The summed E-state index contributed by atoms with van der Waals surface area (Å²) in [4.78, 5) is 2.89. The number of hydrogen-bond donors (Lipinski definition) is 2. The molecule has 0 spiro atoms. The predicted octanol–water partition coefficient (Wildman–Crippen LogP) is -0.417. The van der Waals surface area contributed by atoms with E-state index in [9.17, 15) is 16.8 Å². The highest BCUT2D eigenvalue weighted by Gasteiger charge is 2.46. The van der Waals surface area contributed by atoms with Crippen LogP contribution in [0, 0.1) is 0 Å². The van der Waals surface area contributed by atoms with Crippen LogP contribution in [0.25, 0.3) is 5.53 Å². The lowest BCUT2D eigenvalue weighted by Crippen LogP contribution is -2.44. The van der Waals surface area contributed by atoms with E-state index in [4.69, 9.17) is 5.53 Å². The minimum absolute atomic E-state index is 0.139. The first-order chi connectivity index (χ1) is 7.53. The van der Waals surface area contributed by atoms with Crippen LogP contribution in [0.15, 0.2) is 0 Å². The van der Waals surface area contributed by atoms with Gasteiger partial charge in [0.25, 0.3) is 0 Å². The van der Waals surface area contributed by atoms with E-state index in [1.807, 2.05) is 0 Å². The summed E-state index contributed by atoms with van der Waals surface area (Å²) in [5.74, 6) is -0.491. The van der Waals surface area contributed by atoms with Crippen LogP contribution >= 0.6 is 0 Å². The highest BCUT2D eigenvalue weighted by atomic mass is 32.2. The van der Waals surface area contributed by atoms with Gasteiger partial charge in [-0.2, -0.15) is 4.79 Å². The van der Waals surface area contributed by atoms with Gasteiger partial charge in [-0.25, -0.2) is 16.8 Å². The summed E-state index contributed by atoms with van der Waals surface area (Å²) in [6, 6.07) is 0. The van der Waals surface area contributed by atoms with E-state index in [0.29, 0.717) is 25.7 Å². The monoisotopic (exact) mass is 266 g/mol. The Morgan fingerprint density at radius 2 is 1.69 bits per heavy atom. The van der Waals surface area contributed by atoms with Gasteiger partial charge in [-0.3, -0.25) is 0 Å². The molecule has 0 heterocycles. The molecule has 0 N–H and O–H groups in total. The molecule has 0 aromatic rings. The maximum absolute atomic E-state index is 11.3. The van der Waals surface area contributed by atoms with Crippen molar-refractivity contribution >= 4 is 27.1 Å². The average molecular weight is 266 g/mol. The van der Waals surface area contributed by atoms with Crippen LogP contribution in [-0.2, 0) is 21.4 Å². The first kappa shape index (κ1) is 13.3. The van der Waals surface area contributed by atoms with Crippen molar-refractivity contribution in [2.45, 2.75) is 36.9 Å². The van der Waals surface area contributed by atoms with E-state index in [0.717, 1.165) is 6.42 Å². The molecule has 0 unspecified atom stereocenters. The summed E-state index contributed by atoms with van der Waals surface area (Å²) in [7, 11) is -5.62. The normalized spacial score (nSPS) is 19.6. The minimum Gasteiger partial charge on any atom is -0.361 e. The van der Waals surface area contributed by atoms with Crippen molar-refractivity contribution in [3.63, 3.8) is 0 Å². The van der Waals surface area contributed by atoms with E-state index >= 15 is 0 Å². The summed E-state index contributed by atoms with van der Waals surface area (Å²) in [6.07, 6.45) is 3.02. The molecule has 1 fully saturated rings. The van der Waals surface area contributed by atoms with Gasteiger partial charge in [-0.15, -0.1) is 0 Å². The standard InChI is InChI=1S/C8H14N2O4S2/c9-10-7(6-15(11)12)8(16(13)14)4-2-1-3-5-8/h15-16H,1-6H2. The van der Waals surface area contributed by atoms with Gasteiger partial charge in [-0.1, -0.05) is 19.3 Å². The SMILES string of the molecule is [N-]=[N+]=C(C[SH](=O)=O)C1([SH](=O)=O)CCCCC1. The smallest absolute Gasteiger partial charge is 0.304 e. The van der Waals surface area contributed by atoms with E-state index in [1.54, 1.807) is 0 Å². The highest BCUT2D eigenvalue weighted by molar-refractivity contribution is 7.76. The summed E-state index contributed by atoms with van der Waals surface area (Å²) in [6.45, 7) is 0. The fourth-order valence-electron chi connectivity index (χ4n) is 2.11. The predicted molar refractivity (Wildman–Crippen MR) is 59.9 cm³/mol. The fourth-order valence-corrected chi connectivity index (χ4v) is 3.86. The minimum atomic E-state index is -2.84. The Kier molecular flexibility index (Phi) is 4.64. The topological polar surface area (TPSA) is 105 Å². The van der Waals surface area contributed by atoms with Gasteiger partial charge in [0.15, 0.2) is 26.2 Å². The average Bonchev–Trinajstić information content (AvgIpc) is 2.26. The molecule has 0 radical (unpaired) electrons. The summed E-state index contributed by atoms with van der Waals surface area (Å²) in [5.41, 5.74) is 8.65. The van der Waals surface area contributed by atoms with Crippen molar-refractivity contribution in [2.75, 3.05) is 5.75 Å². The Hall–Kier alpha value is -0.720. The number of rotatable bonds is 4. The molecule has 1 saturated carbocycles. The van der Waals surface area contributed by atoms with Gasteiger partial charge in [-0.05, 0) is 12.8 Å². The van der Waals surface area contributed by atoms with Gasteiger partial charge in [0.1, 0.15) is 5.75 Å². The first-order valence-electron chi connectivity index (χ1n) is 5.00. The number of nitrogens with zero attached hydrogens (tertiary/aromatic N) is 2. The second kappa shape index (κ2) is 5.56. The van der Waals surface area contributed by atoms with Gasteiger partial charge in [0, 0.05) is 0 Å². The van der Waals surface area contributed by atoms with E-state index < -0.39 is 31.9 Å². The molecule has 0 amide bonds. The zero-order valence-corrected chi connectivity index (χ0v) is 10.5. The maximum atomic E-state index is 11.3. The molecule has 0 saturated heterocycles. The van der Waals surface area contributed by atoms with Crippen LogP contribution < -0.4 is 0 Å². The number of hydrogen-bond acceptors (Lipinski definition) is 4. The lowest BCUT2D eigenvalue weighted by molar-refractivity contribution is -0.0129. The first-order valence-corrected chi connectivity index (χ1v) is 7.54. The molecule has 0 aliphatic heterocycles. The van der Waals surface area contributed by atoms with Crippen LogP contribution in [0.2, 0.25) is 0 Å². The molecule has 1 aliphatic rings. The molecule has 0 atom stereocenters. The Morgan fingerprint density at radius 3 is 2.06 bits per heavy atom. The van der Waals surface area contributed by atoms with E-state index in [2.05, 4.69) is 4.79 Å². The Balaban J connectivity index is 3.13. The molecule has 92 valence electrons. The van der Waals surface area contributed by atoms with Crippen LogP contribution in [-0.4, -0.2) is 37.8 Å². The largest absolute Gasteiger partial charge is 0.361 e. The molecule has 0 aromatic heterocycles. The molecule has 0 bridgehead atoms. The fraction of sp³-hybridized carbons (Fsp3) is 0.875. The highest BCUT2D eigenvalue weighted by Crippen LogP contribution is 2.32. The molecular formula is C8H14N2O4S2. The Bertz CT molecular complexity index is 439. The third-order valence-corrected chi connectivity index (χ3v) is 4.93. The molecule has 0 aromatic carbocycles. The van der Waals surface area contributed by atoms with E-state index in [1.165, 1.54) is 0 Å². The van der Waals surface area contributed by atoms with Gasteiger partial charge in [0.2, 0.25) is 0 Å². The van der Waals surface area contributed by atoms with Gasteiger partial charge >= 0.3 is 5.71 Å². The maximum Gasteiger partial charge on any atom is 0.304 e. The van der Waals surface area contributed by atoms with Gasteiger partial charge < -0.3 is 5.53 Å². The lowest BCUT2D eigenvalue weighted by atomic mass is 9.85. The van der Waals surface area contributed by atoms with Crippen molar-refractivity contribution in [2.24, 2.45) is 0 Å². The van der Waals surface area contributed by atoms with E-state index in [-0.39, 0.29) is 5.71 Å². The third-order valence-electron chi connectivity index (χ3n) is 2.97. The van der Waals surface area contributed by atoms with Crippen molar-refractivity contribution in [1.82, 2.24) is 0 Å². The van der Waals surface area contributed by atoms with Crippen LogP contribution in [0.1, 0.15) is 32.1 Å². The third kappa shape index (κ3) is 2.69. The number of thiol groups is 2. The Morgan fingerprint density at radius 1 is 1.12 bits per heavy atom. The van der Waals surface area contributed by atoms with Crippen molar-refractivity contribution in [1.29, 1.82) is 0 Å². The van der Waals surface area contributed by atoms with Crippen LogP contribution in [0.3, 0.4) is 0 Å². The molecule has 6 nitrogen and oxygen atoms in total. The zero-order valence-electron chi connectivity index (χ0n) is 8.66. The van der Waals surface area contributed by atoms with Crippen LogP contribution in [0.5, 0.6) is 0 Å². The summed E-state index contributed by atoms with van der Waals surface area (Å²) in [5, 5.41) is 0. The quantitative estimate of drug-likeness (QED) is 0.312. The van der Waals surface area contributed by atoms with Crippen molar-refractivity contribution < 1.29 is 21.6 Å². The zero-order chi connectivity index (χ0) is 12.2. The molecule has 1 rings (SSSR count). The summed E-state index contributed by atoms with van der Waals surface area (Å²) >= 11 is 0. The van der Waals surface area contributed by atoms with Gasteiger partial charge in [0.05, 0.1) is 0 Å². The lowest BCUT2D eigenvalue weighted by Gasteiger charge is -2.26. The second-order valence-corrected chi connectivity index (χ2v) is 6.24. The second-order valence-electron chi connectivity index (χ2n) is 3.89. The molecule has 8 heteroatoms. The molecule has 1 aliphatic carbocycles. The summed E-state index contributed by atoms with van der Waals surface area (Å²) < 4.78 is 42.6. The molecule has 16 heavy (non-hydrogen) atoms.